The molecule has 3 heterocycles. The van der Waals surface area contributed by atoms with Crippen LogP contribution in [0.25, 0.3) is 28.0 Å². The van der Waals surface area contributed by atoms with Crippen molar-refractivity contribution < 1.29 is 0 Å². The van der Waals surface area contributed by atoms with E-state index in [0.717, 1.165) is 18.5 Å². The summed E-state index contributed by atoms with van der Waals surface area (Å²) in [5.41, 5.74) is 7.65. The molecule has 5 rings (SSSR count). The van der Waals surface area contributed by atoms with Crippen molar-refractivity contribution in [1.82, 2.24) is 8.97 Å². The quantitative estimate of drug-likeness (QED) is 0.365. The van der Waals surface area contributed by atoms with E-state index in [9.17, 15) is 0 Å². The second-order valence-corrected chi connectivity index (χ2v) is 7.68. The van der Waals surface area contributed by atoms with Gasteiger partial charge in [-0.05, 0) is 42.5 Å². The van der Waals surface area contributed by atoms with Gasteiger partial charge in [-0.15, -0.1) is 0 Å². The minimum atomic E-state index is 0.598. The molecule has 4 heteroatoms. The number of rotatable bonds is 2. The lowest BCUT2D eigenvalue weighted by atomic mass is 10.0. The number of halogens is 2. The molecule has 2 aromatic carbocycles. The SMILES string of the molecule is Clc1ccc(-c2cn3cc(-c4ccccc4)n4c3c2CCCC4)cc1Cl. The number of aromatic nitrogens is 2. The molecule has 0 amide bonds. The predicted octanol–water partition coefficient (Wildman–Crippen LogP) is 6.72. The van der Waals surface area contributed by atoms with E-state index < -0.39 is 0 Å². The zero-order valence-corrected chi connectivity index (χ0v) is 15.8. The Morgan fingerprint density at radius 1 is 0.808 bits per heavy atom. The molecule has 0 N–H and O–H groups in total. The maximum atomic E-state index is 6.27. The Balaban J connectivity index is 1.74. The van der Waals surface area contributed by atoms with Crippen LogP contribution in [0.5, 0.6) is 0 Å². The lowest BCUT2D eigenvalue weighted by Gasteiger charge is -2.08. The fraction of sp³-hybridized carbons (Fsp3) is 0.182. The average molecular weight is 381 g/mol. The van der Waals surface area contributed by atoms with E-state index in [1.807, 2.05) is 12.1 Å². The topological polar surface area (TPSA) is 9.34 Å². The number of hydrogen-bond acceptors (Lipinski definition) is 0. The van der Waals surface area contributed by atoms with Crippen LogP contribution in [0.4, 0.5) is 0 Å². The number of aryl methyl sites for hydroxylation is 2. The van der Waals surface area contributed by atoms with Crippen LogP contribution in [0, 0.1) is 0 Å². The van der Waals surface area contributed by atoms with Crippen LogP contribution in [0.2, 0.25) is 10.0 Å². The Morgan fingerprint density at radius 2 is 1.65 bits per heavy atom. The van der Waals surface area contributed by atoms with Crippen molar-refractivity contribution >= 4 is 28.8 Å². The van der Waals surface area contributed by atoms with Crippen LogP contribution >= 0.6 is 23.2 Å². The van der Waals surface area contributed by atoms with E-state index in [4.69, 9.17) is 23.2 Å². The third-order valence-electron chi connectivity index (χ3n) is 5.27. The largest absolute Gasteiger partial charge is 0.325 e. The van der Waals surface area contributed by atoms with Crippen LogP contribution < -0.4 is 0 Å². The van der Waals surface area contributed by atoms with Crippen molar-refractivity contribution in [3.05, 3.63) is 76.5 Å². The minimum Gasteiger partial charge on any atom is -0.325 e. The third kappa shape index (κ3) is 2.48. The van der Waals surface area contributed by atoms with Gasteiger partial charge in [0.05, 0.1) is 15.7 Å². The van der Waals surface area contributed by atoms with Crippen molar-refractivity contribution in [2.24, 2.45) is 0 Å². The maximum Gasteiger partial charge on any atom is 0.121 e. The highest BCUT2D eigenvalue weighted by Gasteiger charge is 2.21. The second-order valence-electron chi connectivity index (χ2n) is 6.87. The maximum absolute atomic E-state index is 6.27. The second kappa shape index (κ2) is 6.22. The lowest BCUT2D eigenvalue weighted by Crippen LogP contribution is -1.98. The van der Waals surface area contributed by atoms with E-state index in [0.29, 0.717) is 10.0 Å². The van der Waals surface area contributed by atoms with Crippen LogP contribution in [0.15, 0.2) is 60.9 Å². The Bertz CT molecular complexity index is 1110. The molecule has 0 saturated carbocycles. The van der Waals surface area contributed by atoms with Crippen LogP contribution in [0.3, 0.4) is 0 Å². The average Bonchev–Trinajstić information content (AvgIpc) is 3.09. The van der Waals surface area contributed by atoms with Crippen LogP contribution in [0.1, 0.15) is 18.4 Å². The normalized spacial score (nSPS) is 13.9. The summed E-state index contributed by atoms with van der Waals surface area (Å²) in [5.74, 6) is 0. The summed E-state index contributed by atoms with van der Waals surface area (Å²) in [5, 5.41) is 1.20. The highest BCUT2D eigenvalue weighted by molar-refractivity contribution is 6.42. The number of nitrogens with zero attached hydrogens (tertiary/aromatic N) is 2. The van der Waals surface area contributed by atoms with Crippen molar-refractivity contribution in [3.8, 4) is 22.4 Å². The van der Waals surface area contributed by atoms with Gasteiger partial charge in [-0.25, -0.2) is 0 Å². The van der Waals surface area contributed by atoms with Crippen molar-refractivity contribution in [3.63, 3.8) is 0 Å². The monoisotopic (exact) mass is 380 g/mol. The molecule has 1 aliphatic rings. The molecule has 4 aromatic rings. The minimum absolute atomic E-state index is 0.598. The third-order valence-corrected chi connectivity index (χ3v) is 6.01. The van der Waals surface area contributed by atoms with Gasteiger partial charge < -0.3 is 8.97 Å². The summed E-state index contributed by atoms with van der Waals surface area (Å²) in [7, 11) is 0. The van der Waals surface area contributed by atoms with Gasteiger partial charge in [0.25, 0.3) is 0 Å². The van der Waals surface area contributed by atoms with E-state index in [1.165, 1.54) is 40.9 Å². The molecular weight excluding hydrogens is 363 g/mol. The van der Waals surface area contributed by atoms with Gasteiger partial charge in [0.1, 0.15) is 5.65 Å². The molecular formula is C22H18Cl2N2. The molecule has 0 radical (unpaired) electrons. The number of hydrogen-bond donors (Lipinski definition) is 0. The van der Waals surface area contributed by atoms with Crippen molar-refractivity contribution in [2.75, 3.05) is 0 Å². The highest BCUT2D eigenvalue weighted by atomic mass is 35.5. The van der Waals surface area contributed by atoms with E-state index >= 15 is 0 Å². The van der Waals surface area contributed by atoms with E-state index in [1.54, 1.807) is 0 Å². The lowest BCUT2D eigenvalue weighted by molar-refractivity contribution is 0.647. The fourth-order valence-electron chi connectivity index (χ4n) is 4.07. The first-order valence-corrected chi connectivity index (χ1v) is 9.72. The molecule has 0 saturated heterocycles. The van der Waals surface area contributed by atoms with Gasteiger partial charge in [-0.1, -0.05) is 59.6 Å². The molecule has 130 valence electrons. The fourth-order valence-corrected chi connectivity index (χ4v) is 4.36. The first-order chi connectivity index (χ1) is 12.7. The Labute approximate surface area is 162 Å². The van der Waals surface area contributed by atoms with Gasteiger partial charge in [0, 0.05) is 30.1 Å². The first kappa shape index (κ1) is 16.0. The molecule has 0 spiro atoms. The van der Waals surface area contributed by atoms with E-state index in [2.05, 4.69) is 57.8 Å². The van der Waals surface area contributed by atoms with Crippen LogP contribution in [-0.4, -0.2) is 8.97 Å². The summed E-state index contributed by atoms with van der Waals surface area (Å²) in [6.45, 7) is 1.05. The van der Waals surface area contributed by atoms with Gasteiger partial charge in [0.15, 0.2) is 0 Å². The van der Waals surface area contributed by atoms with E-state index in [-0.39, 0.29) is 0 Å². The summed E-state index contributed by atoms with van der Waals surface area (Å²) in [6, 6.07) is 16.6. The molecule has 0 bridgehead atoms. The summed E-state index contributed by atoms with van der Waals surface area (Å²) < 4.78 is 4.75. The smallest absolute Gasteiger partial charge is 0.121 e. The molecule has 0 aliphatic carbocycles. The van der Waals surface area contributed by atoms with Crippen LogP contribution in [-0.2, 0) is 13.0 Å². The summed E-state index contributed by atoms with van der Waals surface area (Å²) >= 11 is 12.4. The predicted molar refractivity (Wildman–Crippen MR) is 109 cm³/mol. The Morgan fingerprint density at radius 3 is 2.46 bits per heavy atom. The Kier molecular flexibility index (Phi) is 3.84. The molecule has 2 nitrogen and oxygen atoms in total. The number of benzene rings is 2. The molecule has 0 unspecified atom stereocenters. The molecule has 26 heavy (non-hydrogen) atoms. The molecule has 0 fully saturated rings. The molecule has 2 aromatic heterocycles. The summed E-state index contributed by atoms with van der Waals surface area (Å²) in [6.07, 6.45) is 7.97. The van der Waals surface area contributed by atoms with Crippen molar-refractivity contribution in [1.29, 1.82) is 0 Å². The highest BCUT2D eigenvalue weighted by Crippen LogP contribution is 2.37. The van der Waals surface area contributed by atoms with Crippen molar-refractivity contribution in [2.45, 2.75) is 25.8 Å². The molecule has 1 aliphatic heterocycles. The van der Waals surface area contributed by atoms with Gasteiger partial charge in [0.2, 0.25) is 0 Å². The van der Waals surface area contributed by atoms with Gasteiger partial charge in [-0.3, -0.25) is 0 Å². The standard InChI is InChI=1S/C22H18Cl2N2/c23-19-10-9-16(12-20(19)24)18-13-25-14-21(15-6-2-1-3-7-15)26-11-5-4-8-17(18)22(25)26/h1-3,6-7,9-10,12-14H,4-5,8,11H2. The van der Waals surface area contributed by atoms with Gasteiger partial charge >= 0.3 is 0 Å². The first-order valence-electron chi connectivity index (χ1n) is 8.96. The Hall–Kier alpha value is -2.16. The zero-order valence-electron chi connectivity index (χ0n) is 14.3. The molecule has 0 atom stereocenters. The zero-order chi connectivity index (χ0) is 17.7. The number of imidazole rings is 1. The summed E-state index contributed by atoms with van der Waals surface area (Å²) in [4.78, 5) is 0. The van der Waals surface area contributed by atoms with Gasteiger partial charge in [-0.2, -0.15) is 0 Å².